The van der Waals surface area contributed by atoms with Gasteiger partial charge >= 0.3 is 5.97 Å². The van der Waals surface area contributed by atoms with Crippen LogP contribution in [0.4, 0.5) is 0 Å². The number of ether oxygens (including phenoxy) is 1. The standard InChI is InChI=1S/C28H24N2O4S2/c1-4-33-27(32)24-18(3)29-28-30(25(24)19-12-10-17(2)11-13-19)26(31)22(36-28)16-20-14-15-23(34-20)35-21-8-6-5-7-9-21/h5-16,25H,4H2,1-3H3/b22-16+/t25-/m0/s1. The number of hydrogen-bond donors (Lipinski definition) is 0. The first-order valence-electron chi connectivity index (χ1n) is 11.5. The Labute approximate surface area is 216 Å². The van der Waals surface area contributed by atoms with Crippen molar-refractivity contribution in [3.8, 4) is 0 Å². The van der Waals surface area contributed by atoms with E-state index in [1.54, 1.807) is 24.5 Å². The van der Waals surface area contributed by atoms with E-state index in [9.17, 15) is 9.59 Å². The Morgan fingerprint density at radius 1 is 1.11 bits per heavy atom. The summed E-state index contributed by atoms with van der Waals surface area (Å²) in [6, 6.07) is 20.9. The van der Waals surface area contributed by atoms with Crippen molar-refractivity contribution in [3.63, 3.8) is 0 Å². The van der Waals surface area contributed by atoms with Gasteiger partial charge < -0.3 is 9.15 Å². The zero-order chi connectivity index (χ0) is 25.2. The molecular formula is C28H24N2O4S2. The van der Waals surface area contributed by atoms with E-state index in [1.807, 2.05) is 73.7 Å². The maximum Gasteiger partial charge on any atom is 0.338 e. The van der Waals surface area contributed by atoms with Crippen LogP contribution in [0.15, 0.2) is 102 Å². The summed E-state index contributed by atoms with van der Waals surface area (Å²) in [6.45, 7) is 5.78. The molecule has 2 aromatic carbocycles. The average molecular weight is 517 g/mol. The second-order valence-electron chi connectivity index (χ2n) is 8.28. The number of esters is 1. The van der Waals surface area contributed by atoms with Crippen LogP contribution in [0.3, 0.4) is 0 Å². The number of benzene rings is 2. The number of carbonyl (C=O) groups excluding carboxylic acids is 1. The summed E-state index contributed by atoms with van der Waals surface area (Å²) in [6.07, 6.45) is 1.73. The van der Waals surface area contributed by atoms with Crippen LogP contribution in [0.1, 0.15) is 36.8 Å². The molecule has 0 unspecified atom stereocenters. The van der Waals surface area contributed by atoms with Crippen LogP contribution in [0.5, 0.6) is 0 Å². The first-order valence-corrected chi connectivity index (χ1v) is 13.2. The predicted octanol–water partition coefficient (Wildman–Crippen LogP) is 4.85. The van der Waals surface area contributed by atoms with Crippen molar-refractivity contribution in [2.45, 2.75) is 36.8 Å². The molecule has 1 aliphatic heterocycles. The molecule has 5 rings (SSSR count). The number of rotatable bonds is 6. The number of allylic oxidation sites excluding steroid dienone is 1. The van der Waals surface area contributed by atoms with E-state index in [4.69, 9.17) is 9.15 Å². The van der Waals surface area contributed by atoms with Gasteiger partial charge in [0.2, 0.25) is 0 Å². The lowest BCUT2D eigenvalue weighted by Gasteiger charge is -2.24. The van der Waals surface area contributed by atoms with Crippen molar-refractivity contribution >= 4 is 35.1 Å². The van der Waals surface area contributed by atoms with Gasteiger partial charge in [-0.3, -0.25) is 9.36 Å². The lowest BCUT2D eigenvalue weighted by molar-refractivity contribution is -0.139. The third kappa shape index (κ3) is 4.74. The Morgan fingerprint density at radius 3 is 2.58 bits per heavy atom. The monoisotopic (exact) mass is 516 g/mol. The number of nitrogens with zero attached hydrogens (tertiary/aromatic N) is 2. The Kier molecular flexibility index (Phi) is 6.80. The van der Waals surface area contributed by atoms with Crippen molar-refractivity contribution in [1.29, 1.82) is 0 Å². The average Bonchev–Trinajstić information content (AvgIpc) is 3.43. The quantitative estimate of drug-likeness (QED) is 0.343. The molecular weight excluding hydrogens is 492 g/mol. The van der Waals surface area contributed by atoms with Crippen molar-refractivity contribution in [2.24, 2.45) is 4.99 Å². The molecule has 0 amide bonds. The van der Waals surface area contributed by atoms with E-state index in [-0.39, 0.29) is 12.2 Å². The number of carbonyl (C=O) groups is 1. The number of furan rings is 1. The third-order valence-corrected chi connectivity index (χ3v) is 7.66. The predicted molar refractivity (Wildman–Crippen MR) is 141 cm³/mol. The fraction of sp³-hybridized carbons (Fsp3) is 0.179. The van der Waals surface area contributed by atoms with Crippen molar-refractivity contribution < 1.29 is 13.9 Å². The SMILES string of the molecule is CCOC(=O)C1=C(C)N=c2s/c(=C/c3ccc(Sc4ccccc4)o3)c(=O)n2[C@H]1c1ccc(C)cc1. The van der Waals surface area contributed by atoms with Crippen LogP contribution >= 0.6 is 23.1 Å². The van der Waals surface area contributed by atoms with E-state index < -0.39 is 12.0 Å². The summed E-state index contributed by atoms with van der Waals surface area (Å²) >= 11 is 2.79. The lowest BCUT2D eigenvalue weighted by atomic mass is 9.95. The lowest BCUT2D eigenvalue weighted by Crippen LogP contribution is -2.39. The third-order valence-electron chi connectivity index (χ3n) is 5.75. The molecule has 4 aromatic rings. The first-order chi connectivity index (χ1) is 17.4. The van der Waals surface area contributed by atoms with Crippen LogP contribution in [0, 0.1) is 6.92 Å². The molecule has 0 N–H and O–H groups in total. The molecule has 0 spiro atoms. The van der Waals surface area contributed by atoms with Gasteiger partial charge in [-0.2, -0.15) is 0 Å². The van der Waals surface area contributed by atoms with Crippen molar-refractivity contribution in [1.82, 2.24) is 4.57 Å². The minimum atomic E-state index is -0.621. The topological polar surface area (TPSA) is 73.8 Å². The van der Waals surface area contributed by atoms with Gasteiger partial charge in [-0.1, -0.05) is 71.1 Å². The molecule has 0 aliphatic carbocycles. The largest absolute Gasteiger partial charge is 0.463 e. The van der Waals surface area contributed by atoms with Gasteiger partial charge in [0.05, 0.1) is 28.5 Å². The highest BCUT2D eigenvalue weighted by Gasteiger charge is 2.33. The highest BCUT2D eigenvalue weighted by molar-refractivity contribution is 7.99. The minimum absolute atomic E-state index is 0.229. The normalized spacial score (nSPS) is 15.5. The molecule has 182 valence electrons. The van der Waals surface area contributed by atoms with Gasteiger partial charge in [-0.15, -0.1) is 0 Å². The van der Waals surface area contributed by atoms with Crippen molar-refractivity contribution in [2.75, 3.05) is 6.61 Å². The summed E-state index contributed by atoms with van der Waals surface area (Å²) < 4.78 is 13.4. The molecule has 6 nitrogen and oxygen atoms in total. The first kappa shape index (κ1) is 24.1. The van der Waals surface area contributed by atoms with Crippen LogP contribution in [-0.2, 0) is 9.53 Å². The van der Waals surface area contributed by atoms with Crippen LogP contribution in [0.25, 0.3) is 6.08 Å². The maximum absolute atomic E-state index is 13.7. The zero-order valence-electron chi connectivity index (χ0n) is 20.1. The summed E-state index contributed by atoms with van der Waals surface area (Å²) in [5, 5.41) is 0.734. The molecule has 0 saturated carbocycles. The summed E-state index contributed by atoms with van der Waals surface area (Å²) in [5.41, 5.74) is 2.61. The van der Waals surface area contributed by atoms with Gasteiger partial charge in [0.15, 0.2) is 9.89 Å². The van der Waals surface area contributed by atoms with Gasteiger partial charge in [0.25, 0.3) is 5.56 Å². The zero-order valence-corrected chi connectivity index (χ0v) is 21.7. The highest BCUT2D eigenvalue weighted by Crippen LogP contribution is 2.31. The summed E-state index contributed by atoms with van der Waals surface area (Å²) in [4.78, 5) is 32.8. The molecule has 36 heavy (non-hydrogen) atoms. The molecule has 0 bridgehead atoms. The molecule has 8 heteroatoms. The molecule has 1 atom stereocenters. The Morgan fingerprint density at radius 2 is 1.86 bits per heavy atom. The van der Waals surface area contributed by atoms with Crippen LogP contribution in [-0.4, -0.2) is 17.1 Å². The fourth-order valence-electron chi connectivity index (χ4n) is 4.06. The van der Waals surface area contributed by atoms with Crippen molar-refractivity contribution in [3.05, 3.63) is 115 Å². The molecule has 3 heterocycles. The molecule has 2 aromatic heterocycles. The van der Waals surface area contributed by atoms with E-state index >= 15 is 0 Å². The minimum Gasteiger partial charge on any atom is -0.463 e. The second-order valence-corrected chi connectivity index (χ2v) is 10.4. The number of fused-ring (bicyclic) bond motifs is 1. The molecule has 1 aliphatic rings. The second kappa shape index (κ2) is 10.2. The smallest absolute Gasteiger partial charge is 0.338 e. The Balaban J connectivity index is 1.59. The van der Waals surface area contributed by atoms with Gasteiger partial charge in [0, 0.05) is 11.0 Å². The number of aromatic nitrogens is 1. The maximum atomic E-state index is 13.7. The number of aryl methyl sites for hydroxylation is 1. The van der Waals surface area contributed by atoms with Gasteiger partial charge in [0.1, 0.15) is 5.76 Å². The Bertz CT molecular complexity index is 1630. The number of thiazole rings is 1. The Hall–Kier alpha value is -3.62. The van der Waals surface area contributed by atoms with Gasteiger partial charge in [-0.05, 0) is 50.6 Å². The van der Waals surface area contributed by atoms with E-state index in [0.717, 1.165) is 21.1 Å². The summed E-state index contributed by atoms with van der Waals surface area (Å²) in [7, 11) is 0. The van der Waals surface area contributed by atoms with Gasteiger partial charge in [-0.25, -0.2) is 9.79 Å². The highest BCUT2D eigenvalue weighted by atomic mass is 32.2. The van der Waals surface area contributed by atoms with Crippen LogP contribution in [0.2, 0.25) is 0 Å². The molecule has 0 radical (unpaired) electrons. The van der Waals surface area contributed by atoms with E-state index in [1.165, 1.54) is 23.1 Å². The van der Waals surface area contributed by atoms with E-state index in [2.05, 4.69) is 4.99 Å². The van der Waals surface area contributed by atoms with E-state index in [0.29, 0.717) is 26.4 Å². The number of hydrogen-bond acceptors (Lipinski definition) is 7. The molecule has 0 saturated heterocycles. The summed E-state index contributed by atoms with van der Waals surface area (Å²) in [5.74, 6) is 0.110. The van der Waals surface area contributed by atoms with Crippen LogP contribution < -0.4 is 14.9 Å². The fourth-order valence-corrected chi connectivity index (χ4v) is 5.88. The molecule has 0 fully saturated rings.